The van der Waals surface area contributed by atoms with Crippen LogP contribution in [0.25, 0.3) is 0 Å². The van der Waals surface area contributed by atoms with Crippen molar-refractivity contribution in [2.24, 2.45) is 0 Å². The van der Waals surface area contributed by atoms with Gasteiger partial charge in [-0.1, -0.05) is 43.0 Å². The quantitative estimate of drug-likeness (QED) is 0.756. The van der Waals surface area contributed by atoms with Gasteiger partial charge < -0.3 is 4.90 Å². The summed E-state index contributed by atoms with van der Waals surface area (Å²) in [5.74, 6) is 0. The zero-order valence-electron chi connectivity index (χ0n) is 8.31. The van der Waals surface area contributed by atoms with E-state index in [-0.39, 0.29) is 5.24 Å². The van der Waals surface area contributed by atoms with Crippen LogP contribution in [0.4, 0.5) is 4.79 Å². The van der Waals surface area contributed by atoms with Crippen LogP contribution >= 0.6 is 12.6 Å². The third kappa shape index (κ3) is 3.42. The highest BCUT2D eigenvalue weighted by atomic mass is 32.1. The highest BCUT2D eigenvalue weighted by Gasteiger charge is 2.05. The van der Waals surface area contributed by atoms with Crippen molar-refractivity contribution in [2.45, 2.75) is 13.3 Å². The summed E-state index contributed by atoms with van der Waals surface area (Å²) in [7, 11) is 0. The summed E-state index contributed by atoms with van der Waals surface area (Å²) in [6.45, 7) is 3.41. The normalized spacial score (nSPS) is 9.86. The molecule has 0 N–H and O–H groups in total. The van der Waals surface area contributed by atoms with Gasteiger partial charge in [-0.3, -0.25) is 4.79 Å². The van der Waals surface area contributed by atoms with Crippen LogP contribution in [0, 0.1) is 0 Å². The molecule has 2 nitrogen and oxygen atoms in total. The molecule has 1 amide bonds. The summed E-state index contributed by atoms with van der Waals surface area (Å²) < 4.78 is 0. The largest absolute Gasteiger partial charge is 0.334 e. The van der Waals surface area contributed by atoms with Crippen LogP contribution in [-0.4, -0.2) is 23.2 Å². The summed E-state index contributed by atoms with van der Waals surface area (Å²) in [6.07, 6.45) is 0.890. The maximum atomic E-state index is 11.0. The summed E-state index contributed by atoms with van der Waals surface area (Å²) in [6, 6.07) is 10.1. The van der Waals surface area contributed by atoms with Crippen LogP contribution in [-0.2, 0) is 6.42 Å². The van der Waals surface area contributed by atoms with Crippen molar-refractivity contribution >= 4 is 17.9 Å². The number of carbonyl (C=O) groups excluding carboxylic acids is 1. The lowest BCUT2D eigenvalue weighted by Crippen LogP contribution is -2.28. The van der Waals surface area contributed by atoms with Crippen LogP contribution in [0.2, 0.25) is 0 Å². The van der Waals surface area contributed by atoms with Gasteiger partial charge in [0.1, 0.15) is 0 Å². The average Bonchev–Trinajstić information content (AvgIpc) is 2.20. The SMILES string of the molecule is CCN(CCc1ccccc1)C(=O)S. The highest BCUT2D eigenvalue weighted by Crippen LogP contribution is 2.03. The Morgan fingerprint density at radius 2 is 2.00 bits per heavy atom. The number of thiol groups is 1. The van der Waals surface area contributed by atoms with E-state index in [1.54, 1.807) is 4.90 Å². The van der Waals surface area contributed by atoms with Gasteiger partial charge in [-0.25, -0.2) is 0 Å². The Hall–Kier alpha value is -0.960. The van der Waals surface area contributed by atoms with Crippen molar-refractivity contribution in [1.82, 2.24) is 4.90 Å². The van der Waals surface area contributed by atoms with E-state index in [2.05, 4.69) is 24.8 Å². The number of hydrogen-bond donors (Lipinski definition) is 1. The second-order valence-electron chi connectivity index (χ2n) is 3.10. The van der Waals surface area contributed by atoms with Gasteiger partial charge in [0.2, 0.25) is 0 Å². The predicted molar refractivity (Wildman–Crippen MR) is 61.8 cm³/mol. The van der Waals surface area contributed by atoms with Crippen molar-refractivity contribution < 1.29 is 4.79 Å². The summed E-state index contributed by atoms with van der Waals surface area (Å²) >= 11 is 3.81. The standard InChI is InChI=1S/C11H15NOS/c1-2-12(11(13)14)9-8-10-6-4-3-5-7-10/h3-7H,2,8-9H2,1H3,(H,13,14). The molecule has 0 bridgehead atoms. The second kappa shape index (κ2) is 5.70. The number of amides is 1. The molecule has 0 atom stereocenters. The van der Waals surface area contributed by atoms with E-state index in [0.29, 0.717) is 0 Å². The number of carbonyl (C=O) groups is 1. The molecular weight excluding hydrogens is 194 g/mol. The van der Waals surface area contributed by atoms with E-state index in [0.717, 1.165) is 19.5 Å². The van der Waals surface area contributed by atoms with E-state index < -0.39 is 0 Å². The van der Waals surface area contributed by atoms with Crippen molar-refractivity contribution in [1.29, 1.82) is 0 Å². The fourth-order valence-electron chi connectivity index (χ4n) is 1.30. The van der Waals surface area contributed by atoms with Gasteiger partial charge in [0.25, 0.3) is 5.24 Å². The Balaban J connectivity index is 2.44. The zero-order chi connectivity index (χ0) is 10.4. The molecule has 3 heteroatoms. The van der Waals surface area contributed by atoms with Crippen molar-refractivity contribution in [3.8, 4) is 0 Å². The summed E-state index contributed by atoms with van der Waals surface area (Å²) in [4.78, 5) is 12.7. The van der Waals surface area contributed by atoms with Crippen LogP contribution < -0.4 is 0 Å². The first-order valence-electron chi connectivity index (χ1n) is 4.76. The van der Waals surface area contributed by atoms with Gasteiger partial charge in [0.05, 0.1) is 0 Å². The van der Waals surface area contributed by atoms with Crippen LogP contribution in [0.3, 0.4) is 0 Å². The van der Waals surface area contributed by atoms with Crippen LogP contribution in [0.5, 0.6) is 0 Å². The molecule has 0 aromatic heterocycles. The molecule has 0 fully saturated rings. The Morgan fingerprint density at radius 3 is 2.50 bits per heavy atom. The fourth-order valence-corrected chi connectivity index (χ4v) is 1.54. The molecule has 76 valence electrons. The highest BCUT2D eigenvalue weighted by molar-refractivity contribution is 7.96. The van der Waals surface area contributed by atoms with Crippen molar-refractivity contribution in [2.75, 3.05) is 13.1 Å². The minimum absolute atomic E-state index is 0.150. The molecular formula is C11H15NOS. The van der Waals surface area contributed by atoms with Gasteiger partial charge in [-0.15, -0.1) is 0 Å². The molecule has 0 unspecified atom stereocenters. The van der Waals surface area contributed by atoms with Gasteiger partial charge in [0, 0.05) is 13.1 Å². The Labute approximate surface area is 90.3 Å². The first kappa shape index (κ1) is 11.1. The van der Waals surface area contributed by atoms with Gasteiger partial charge in [-0.05, 0) is 18.9 Å². The molecule has 0 aliphatic heterocycles. The number of likely N-dealkylation sites (N-methyl/N-ethyl adjacent to an activating group) is 1. The smallest absolute Gasteiger partial charge is 0.278 e. The van der Waals surface area contributed by atoms with Crippen LogP contribution in [0.15, 0.2) is 30.3 Å². The molecule has 1 aromatic rings. The van der Waals surface area contributed by atoms with Gasteiger partial charge in [-0.2, -0.15) is 0 Å². The maximum Gasteiger partial charge on any atom is 0.278 e. The third-order valence-electron chi connectivity index (χ3n) is 2.17. The predicted octanol–water partition coefficient (Wildman–Crippen LogP) is 2.60. The van der Waals surface area contributed by atoms with Crippen molar-refractivity contribution in [3.05, 3.63) is 35.9 Å². The summed E-state index contributed by atoms with van der Waals surface area (Å²) in [5.41, 5.74) is 1.25. The minimum atomic E-state index is -0.150. The average molecular weight is 209 g/mol. The van der Waals surface area contributed by atoms with Gasteiger partial charge in [0.15, 0.2) is 0 Å². The second-order valence-corrected chi connectivity index (χ2v) is 3.48. The van der Waals surface area contributed by atoms with E-state index >= 15 is 0 Å². The molecule has 1 aromatic carbocycles. The molecule has 0 radical (unpaired) electrons. The number of hydrogen-bond acceptors (Lipinski definition) is 1. The Morgan fingerprint density at radius 1 is 1.36 bits per heavy atom. The topological polar surface area (TPSA) is 20.3 Å². The van der Waals surface area contributed by atoms with Crippen LogP contribution in [0.1, 0.15) is 12.5 Å². The number of nitrogens with zero attached hydrogens (tertiary/aromatic N) is 1. The minimum Gasteiger partial charge on any atom is -0.334 e. The van der Waals surface area contributed by atoms with E-state index in [9.17, 15) is 4.79 Å². The molecule has 0 aliphatic rings. The van der Waals surface area contributed by atoms with Gasteiger partial charge >= 0.3 is 0 Å². The monoisotopic (exact) mass is 209 g/mol. The first-order chi connectivity index (χ1) is 6.74. The lowest BCUT2D eigenvalue weighted by molar-refractivity contribution is 0.227. The lowest BCUT2D eigenvalue weighted by Gasteiger charge is -2.17. The molecule has 0 heterocycles. The number of benzene rings is 1. The fraction of sp³-hybridized carbons (Fsp3) is 0.364. The Bertz CT molecular complexity index is 287. The molecule has 14 heavy (non-hydrogen) atoms. The van der Waals surface area contributed by atoms with E-state index in [1.807, 2.05) is 25.1 Å². The lowest BCUT2D eigenvalue weighted by atomic mass is 10.1. The van der Waals surface area contributed by atoms with Crippen molar-refractivity contribution in [3.63, 3.8) is 0 Å². The van der Waals surface area contributed by atoms with E-state index in [1.165, 1.54) is 5.56 Å². The molecule has 0 aliphatic carbocycles. The van der Waals surface area contributed by atoms with E-state index in [4.69, 9.17) is 0 Å². The Kier molecular flexibility index (Phi) is 4.53. The molecule has 0 saturated carbocycles. The number of rotatable bonds is 4. The maximum absolute atomic E-state index is 11.0. The summed E-state index contributed by atoms with van der Waals surface area (Å²) in [5, 5.41) is -0.150. The molecule has 0 spiro atoms. The third-order valence-corrected chi connectivity index (χ3v) is 2.45. The first-order valence-corrected chi connectivity index (χ1v) is 5.20. The molecule has 0 saturated heterocycles. The zero-order valence-corrected chi connectivity index (χ0v) is 9.21. The molecule has 1 rings (SSSR count).